The summed E-state index contributed by atoms with van der Waals surface area (Å²) in [6, 6.07) is 12.0. The van der Waals surface area contributed by atoms with Crippen molar-refractivity contribution in [2.45, 2.75) is 6.54 Å². The first-order chi connectivity index (χ1) is 14.3. The molecule has 1 aromatic carbocycles. The van der Waals surface area contributed by atoms with Gasteiger partial charge in [0.1, 0.15) is 5.52 Å². The van der Waals surface area contributed by atoms with Crippen LogP contribution in [0, 0.1) is 0 Å². The van der Waals surface area contributed by atoms with Crippen LogP contribution in [0.1, 0.15) is 15.9 Å². The lowest BCUT2D eigenvalue weighted by molar-refractivity contribution is 0.0746. The molecule has 4 heterocycles. The Labute approximate surface area is 172 Å². The third-order valence-corrected chi connectivity index (χ3v) is 5.99. The monoisotopic (exact) mass is 404 g/mol. The second-order valence-corrected chi connectivity index (χ2v) is 7.89. The number of amides is 1. The summed E-state index contributed by atoms with van der Waals surface area (Å²) in [6.07, 6.45) is 5.27. The van der Waals surface area contributed by atoms with Crippen LogP contribution in [0.2, 0.25) is 0 Å². The summed E-state index contributed by atoms with van der Waals surface area (Å²) in [5.41, 5.74) is 3.31. The Morgan fingerprint density at radius 2 is 1.86 bits per heavy atom. The van der Waals surface area contributed by atoms with Crippen molar-refractivity contribution >= 4 is 33.5 Å². The molecule has 0 atom stereocenters. The van der Waals surface area contributed by atoms with Crippen LogP contribution < -0.4 is 4.90 Å². The molecule has 0 bridgehead atoms. The number of piperazine rings is 1. The molecule has 0 saturated carbocycles. The van der Waals surface area contributed by atoms with E-state index >= 15 is 0 Å². The van der Waals surface area contributed by atoms with Gasteiger partial charge < -0.3 is 14.4 Å². The van der Waals surface area contributed by atoms with Crippen LogP contribution in [0.5, 0.6) is 0 Å². The van der Waals surface area contributed by atoms with Crippen LogP contribution in [0.4, 0.5) is 5.13 Å². The minimum Gasteiger partial charge on any atom is -0.345 e. The fourth-order valence-electron chi connectivity index (χ4n) is 3.62. The van der Waals surface area contributed by atoms with Crippen molar-refractivity contribution in [3.63, 3.8) is 0 Å². The van der Waals surface area contributed by atoms with Gasteiger partial charge in [0.25, 0.3) is 5.91 Å². The third-order valence-electron chi connectivity index (χ3n) is 5.15. The number of hydrogen-bond donors (Lipinski definition) is 0. The fourth-order valence-corrected chi connectivity index (χ4v) is 4.31. The second-order valence-electron chi connectivity index (χ2n) is 7.02. The Hall–Kier alpha value is -3.26. The summed E-state index contributed by atoms with van der Waals surface area (Å²) in [4.78, 5) is 30.4. The molecule has 0 N–H and O–H groups in total. The van der Waals surface area contributed by atoms with Gasteiger partial charge in [-0.25, -0.2) is 15.0 Å². The molecule has 1 saturated heterocycles. The minimum absolute atomic E-state index is 0.01000. The highest BCUT2D eigenvalue weighted by atomic mass is 32.1. The third kappa shape index (κ3) is 3.58. The van der Waals surface area contributed by atoms with Crippen LogP contribution in [0.15, 0.2) is 60.5 Å². The van der Waals surface area contributed by atoms with Gasteiger partial charge in [-0.2, -0.15) is 0 Å². The van der Waals surface area contributed by atoms with Crippen molar-refractivity contribution < 1.29 is 4.79 Å². The van der Waals surface area contributed by atoms with Gasteiger partial charge in [-0.15, -0.1) is 11.3 Å². The zero-order valence-corrected chi connectivity index (χ0v) is 16.6. The van der Waals surface area contributed by atoms with E-state index in [4.69, 9.17) is 0 Å². The van der Waals surface area contributed by atoms with E-state index in [1.54, 1.807) is 23.9 Å². The Morgan fingerprint density at radius 1 is 1.03 bits per heavy atom. The Balaban J connectivity index is 1.30. The standard InChI is InChI=1S/C21H20N6OS/c28-20(25-7-9-26(10-8-25)21-22-6-11-29-21)17-12-18-19(23-13-17)27(15-24-18)14-16-4-2-1-3-5-16/h1-6,11-13,15H,7-10,14H2. The molecule has 0 radical (unpaired) electrons. The van der Waals surface area contributed by atoms with Crippen LogP contribution in [0.25, 0.3) is 11.2 Å². The first kappa shape index (κ1) is 17.8. The van der Waals surface area contributed by atoms with Crippen LogP contribution in [-0.4, -0.2) is 56.5 Å². The highest BCUT2D eigenvalue weighted by Crippen LogP contribution is 2.20. The smallest absolute Gasteiger partial charge is 0.255 e. The lowest BCUT2D eigenvalue weighted by atomic mass is 10.2. The number of pyridine rings is 1. The van der Waals surface area contributed by atoms with Gasteiger partial charge in [-0.1, -0.05) is 30.3 Å². The summed E-state index contributed by atoms with van der Waals surface area (Å²) < 4.78 is 2.01. The molecule has 4 aromatic rings. The predicted molar refractivity (Wildman–Crippen MR) is 113 cm³/mol. The molecule has 5 rings (SSSR count). The SMILES string of the molecule is O=C(c1cnc2c(c1)ncn2Cc1ccccc1)N1CCN(c2nccs2)CC1. The van der Waals surface area contributed by atoms with Crippen LogP contribution in [-0.2, 0) is 6.54 Å². The molecule has 1 aliphatic heterocycles. The van der Waals surface area contributed by atoms with Crippen molar-refractivity contribution in [1.29, 1.82) is 0 Å². The molecule has 29 heavy (non-hydrogen) atoms. The fraction of sp³-hybridized carbons (Fsp3) is 0.238. The van der Waals surface area contributed by atoms with Crippen LogP contribution in [0.3, 0.4) is 0 Å². The van der Waals surface area contributed by atoms with Crippen LogP contribution >= 0.6 is 11.3 Å². The number of rotatable bonds is 4. The van der Waals surface area contributed by atoms with Crippen molar-refractivity contribution in [3.05, 3.63) is 71.6 Å². The lowest BCUT2D eigenvalue weighted by Crippen LogP contribution is -2.48. The van der Waals surface area contributed by atoms with Gasteiger partial charge in [-0.3, -0.25) is 4.79 Å². The largest absolute Gasteiger partial charge is 0.345 e. The lowest BCUT2D eigenvalue weighted by Gasteiger charge is -2.34. The van der Waals surface area contributed by atoms with Gasteiger partial charge in [-0.05, 0) is 11.6 Å². The molecular formula is C21H20N6OS. The number of carbonyl (C=O) groups is 1. The van der Waals surface area contributed by atoms with Crippen molar-refractivity contribution in [3.8, 4) is 0 Å². The summed E-state index contributed by atoms with van der Waals surface area (Å²) in [6.45, 7) is 3.65. The van der Waals surface area contributed by atoms with E-state index in [9.17, 15) is 4.79 Å². The number of imidazole rings is 1. The number of aromatic nitrogens is 4. The Kier molecular flexibility index (Phi) is 4.69. The van der Waals surface area contributed by atoms with E-state index in [0.29, 0.717) is 25.2 Å². The average molecular weight is 404 g/mol. The molecule has 7 nitrogen and oxygen atoms in total. The first-order valence-electron chi connectivity index (χ1n) is 9.56. The highest BCUT2D eigenvalue weighted by molar-refractivity contribution is 7.13. The minimum atomic E-state index is 0.01000. The maximum absolute atomic E-state index is 13.0. The topological polar surface area (TPSA) is 67.2 Å². The Morgan fingerprint density at radius 3 is 2.62 bits per heavy atom. The van der Waals surface area contributed by atoms with Crippen molar-refractivity contribution in [2.75, 3.05) is 31.1 Å². The number of benzene rings is 1. The molecule has 0 aliphatic carbocycles. The van der Waals surface area contributed by atoms with Crippen molar-refractivity contribution in [1.82, 2.24) is 24.4 Å². The van der Waals surface area contributed by atoms with E-state index in [0.717, 1.165) is 29.4 Å². The predicted octanol–water partition coefficient (Wildman–Crippen LogP) is 2.90. The molecule has 3 aromatic heterocycles. The van der Waals surface area contributed by atoms with E-state index in [1.807, 2.05) is 45.3 Å². The zero-order valence-electron chi connectivity index (χ0n) is 15.8. The number of thiazole rings is 1. The van der Waals surface area contributed by atoms with Gasteiger partial charge in [0.2, 0.25) is 0 Å². The van der Waals surface area contributed by atoms with E-state index in [2.05, 4.69) is 32.0 Å². The average Bonchev–Trinajstić information content (AvgIpc) is 3.44. The molecule has 1 fully saturated rings. The molecule has 8 heteroatoms. The number of fused-ring (bicyclic) bond motifs is 1. The normalized spacial score (nSPS) is 14.5. The van der Waals surface area contributed by atoms with Crippen molar-refractivity contribution in [2.24, 2.45) is 0 Å². The molecule has 0 unspecified atom stereocenters. The molecule has 0 spiro atoms. The summed E-state index contributed by atoms with van der Waals surface area (Å²) in [5, 5.41) is 2.99. The number of hydrogen-bond acceptors (Lipinski definition) is 6. The maximum atomic E-state index is 13.0. The maximum Gasteiger partial charge on any atom is 0.255 e. The van der Waals surface area contributed by atoms with Gasteiger partial charge in [0.15, 0.2) is 10.8 Å². The first-order valence-corrected chi connectivity index (χ1v) is 10.4. The van der Waals surface area contributed by atoms with E-state index < -0.39 is 0 Å². The molecular weight excluding hydrogens is 384 g/mol. The second kappa shape index (κ2) is 7.63. The van der Waals surface area contributed by atoms with Gasteiger partial charge in [0, 0.05) is 44.0 Å². The zero-order chi connectivity index (χ0) is 19.6. The molecule has 1 amide bonds. The highest BCUT2D eigenvalue weighted by Gasteiger charge is 2.24. The van der Waals surface area contributed by atoms with E-state index in [1.165, 1.54) is 5.56 Å². The number of nitrogens with zero attached hydrogens (tertiary/aromatic N) is 6. The number of carbonyl (C=O) groups excluding carboxylic acids is 1. The Bertz CT molecular complexity index is 1120. The summed E-state index contributed by atoms with van der Waals surface area (Å²) in [5.74, 6) is 0.01000. The van der Waals surface area contributed by atoms with Gasteiger partial charge in [0.05, 0.1) is 18.4 Å². The van der Waals surface area contributed by atoms with Gasteiger partial charge >= 0.3 is 0 Å². The van der Waals surface area contributed by atoms with E-state index in [-0.39, 0.29) is 5.91 Å². The molecule has 146 valence electrons. The quantitative estimate of drug-likeness (QED) is 0.523. The summed E-state index contributed by atoms with van der Waals surface area (Å²) in [7, 11) is 0. The molecule has 1 aliphatic rings. The number of anilines is 1. The summed E-state index contributed by atoms with van der Waals surface area (Å²) >= 11 is 1.63.